The fourth-order valence-corrected chi connectivity index (χ4v) is 2.52. The molecule has 0 heterocycles. The van der Waals surface area contributed by atoms with Gasteiger partial charge in [0.05, 0.1) is 20.6 Å². The highest BCUT2D eigenvalue weighted by Gasteiger charge is 2.44. The van der Waals surface area contributed by atoms with E-state index in [0.717, 1.165) is 25.3 Å². The Kier molecular flexibility index (Phi) is 6.75. The Hall–Kier alpha value is -2.18. The summed E-state index contributed by atoms with van der Waals surface area (Å²) in [5.41, 5.74) is -0.934. The summed E-state index contributed by atoms with van der Waals surface area (Å²) in [6.07, 6.45) is 7.15. The maximum absolute atomic E-state index is 11.7. The molecule has 7 heteroatoms. The van der Waals surface area contributed by atoms with Crippen molar-refractivity contribution in [3.63, 3.8) is 0 Å². The van der Waals surface area contributed by atoms with Gasteiger partial charge in [0.2, 0.25) is 0 Å². The summed E-state index contributed by atoms with van der Waals surface area (Å²) in [5.74, 6) is -1.19. The number of carbonyl (C=O) groups excluding carboxylic acids is 2. The highest BCUT2D eigenvalue weighted by molar-refractivity contribution is 5.82. The number of carbonyl (C=O) groups is 2. The van der Waals surface area contributed by atoms with Gasteiger partial charge in [-0.15, -0.1) is 0 Å². The van der Waals surface area contributed by atoms with E-state index in [9.17, 15) is 19.7 Å². The molecule has 0 aliphatic heterocycles. The summed E-state index contributed by atoms with van der Waals surface area (Å²) in [4.78, 5) is 34.0. The average Bonchev–Trinajstić information content (AvgIpc) is 2.55. The van der Waals surface area contributed by atoms with E-state index >= 15 is 0 Å². The number of esters is 2. The molecule has 0 aromatic heterocycles. The lowest BCUT2D eigenvalue weighted by molar-refractivity contribution is -0.545. The first-order valence-electron chi connectivity index (χ1n) is 7.14. The molecule has 0 spiro atoms. The zero-order valence-corrected chi connectivity index (χ0v) is 12.9. The van der Waals surface area contributed by atoms with Gasteiger partial charge in [-0.05, 0) is 25.7 Å². The maximum atomic E-state index is 11.7. The predicted molar refractivity (Wildman–Crippen MR) is 78.7 cm³/mol. The number of nitrogens with zero attached hydrogens (tertiary/aromatic N) is 1. The second-order valence-corrected chi connectivity index (χ2v) is 5.09. The largest absolute Gasteiger partial charge is 0.469 e. The predicted octanol–water partition coefficient (Wildman–Crippen LogP) is 2.18. The Morgan fingerprint density at radius 3 is 2.59 bits per heavy atom. The van der Waals surface area contributed by atoms with Crippen LogP contribution in [0, 0.1) is 10.1 Å². The van der Waals surface area contributed by atoms with Gasteiger partial charge in [0.1, 0.15) is 0 Å². The van der Waals surface area contributed by atoms with E-state index in [2.05, 4.69) is 9.47 Å². The highest BCUT2D eigenvalue weighted by Crippen LogP contribution is 2.35. The van der Waals surface area contributed by atoms with Gasteiger partial charge >= 0.3 is 11.9 Å². The number of ether oxygens (including phenoxy) is 2. The van der Waals surface area contributed by atoms with Crippen LogP contribution in [0.5, 0.6) is 0 Å². The van der Waals surface area contributed by atoms with Crippen LogP contribution in [-0.4, -0.2) is 36.6 Å². The zero-order chi connectivity index (χ0) is 16.6. The van der Waals surface area contributed by atoms with E-state index in [0.29, 0.717) is 12.0 Å². The minimum Gasteiger partial charge on any atom is -0.469 e. The minimum absolute atomic E-state index is 0.0496. The van der Waals surface area contributed by atoms with E-state index in [1.54, 1.807) is 0 Å². The molecule has 0 radical (unpaired) electrons. The lowest BCUT2D eigenvalue weighted by atomic mass is 9.79. The topological polar surface area (TPSA) is 95.7 Å². The summed E-state index contributed by atoms with van der Waals surface area (Å²) < 4.78 is 9.06. The van der Waals surface area contributed by atoms with Crippen LogP contribution in [0.4, 0.5) is 0 Å². The quantitative estimate of drug-likeness (QED) is 0.235. The SMILES string of the molecule is COC(=O)/C=C/C(CCC(=O)OC)(C1=CCCCC1)[N+](=O)[O-]. The number of rotatable bonds is 7. The number of hydrogen-bond donors (Lipinski definition) is 0. The average molecular weight is 311 g/mol. The van der Waals surface area contributed by atoms with Crippen molar-refractivity contribution in [1.29, 1.82) is 0 Å². The molecule has 0 aromatic carbocycles. The Bertz CT molecular complexity index is 496. The fourth-order valence-electron chi connectivity index (χ4n) is 2.52. The molecule has 1 rings (SSSR count). The number of allylic oxidation sites excluding steroid dienone is 1. The van der Waals surface area contributed by atoms with Gasteiger partial charge in [-0.2, -0.15) is 0 Å². The normalized spacial score (nSPS) is 17.5. The molecule has 0 aromatic rings. The molecule has 122 valence electrons. The molecule has 7 nitrogen and oxygen atoms in total. The van der Waals surface area contributed by atoms with Crippen molar-refractivity contribution in [2.24, 2.45) is 0 Å². The third-order valence-electron chi connectivity index (χ3n) is 3.81. The van der Waals surface area contributed by atoms with Crippen LogP contribution in [0.1, 0.15) is 38.5 Å². The van der Waals surface area contributed by atoms with Crippen LogP contribution >= 0.6 is 0 Å². The van der Waals surface area contributed by atoms with Gasteiger partial charge in [0.15, 0.2) is 0 Å². The molecule has 22 heavy (non-hydrogen) atoms. The summed E-state index contributed by atoms with van der Waals surface area (Å²) in [6.45, 7) is 0. The molecule has 1 unspecified atom stereocenters. The third kappa shape index (κ3) is 4.41. The second-order valence-electron chi connectivity index (χ2n) is 5.09. The lowest BCUT2D eigenvalue weighted by Gasteiger charge is -2.27. The molecule has 1 aliphatic carbocycles. The minimum atomic E-state index is -1.57. The monoisotopic (exact) mass is 311 g/mol. The Morgan fingerprint density at radius 1 is 1.36 bits per heavy atom. The molecule has 1 atom stereocenters. The molecule has 0 N–H and O–H groups in total. The second kappa shape index (κ2) is 8.31. The molecule has 0 amide bonds. The van der Waals surface area contributed by atoms with Gasteiger partial charge in [0.25, 0.3) is 5.54 Å². The molecule has 1 aliphatic rings. The number of nitro groups is 1. The van der Waals surface area contributed by atoms with Crippen molar-refractivity contribution in [3.8, 4) is 0 Å². The Balaban J connectivity index is 3.15. The van der Waals surface area contributed by atoms with Crippen LogP contribution < -0.4 is 0 Å². The third-order valence-corrected chi connectivity index (χ3v) is 3.81. The molecular formula is C15H21NO6. The summed E-state index contributed by atoms with van der Waals surface area (Å²) in [5, 5.41) is 11.7. The first-order valence-corrected chi connectivity index (χ1v) is 7.14. The van der Waals surface area contributed by atoms with Gasteiger partial charge in [-0.3, -0.25) is 14.9 Å². The van der Waals surface area contributed by atoms with Gasteiger partial charge in [-0.1, -0.05) is 6.08 Å². The van der Waals surface area contributed by atoms with Crippen LogP contribution in [0.25, 0.3) is 0 Å². The fraction of sp³-hybridized carbons (Fsp3) is 0.600. The molecule has 0 fully saturated rings. The smallest absolute Gasteiger partial charge is 0.330 e. The van der Waals surface area contributed by atoms with Gasteiger partial charge in [0, 0.05) is 29.1 Å². The lowest BCUT2D eigenvalue weighted by Crippen LogP contribution is -2.40. The van der Waals surface area contributed by atoms with E-state index in [1.165, 1.54) is 20.3 Å². The van der Waals surface area contributed by atoms with Crippen LogP contribution in [0.3, 0.4) is 0 Å². The maximum Gasteiger partial charge on any atom is 0.330 e. The van der Waals surface area contributed by atoms with Crippen molar-refractivity contribution < 1.29 is 24.0 Å². The Morgan fingerprint density at radius 2 is 2.09 bits per heavy atom. The zero-order valence-electron chi connectivity index (χ0n) is 12.9. The van der Waals surface area contributed by atoms with Gasteiger partial charge in [-0.25, -0.2) is 4.79 Å². The summed E-state index contributed by atoms with van der Waals surface area (Å²) in [7, 11) is 2.44. The van der Waals surface area contributed by atoms with Crippen molar-refractivity contribution in [2.75, 3.05) is 14.2 Å². The first kappa shape index (κ1) is 17.9. The summed E-state index contributed by atoms with van der Waals surface area (Å²) in [6, 6.07) is 0. The van der Waals surface area contributed by atoms with E-state index in [-0.39, 0.29) is 12.8 Å². The van der Waals surface area contributed by atoms with Crippen molar-refractivity contribution in [3.05, 3.63) is 33.9 Å². The number of methoxy groups -OCH3 is 2. The standard InChI is InChI=1S/C15H21NO6/c1-21-13(17)8-10-15(16(19)20,11-9-14(18)22-2)12-6-4-3-5-7-12/h6,8,10H,3-5,7,9,11H2,1-2H3/b10-8+. The van der Waals surface area contributed by atoms with Crippen molar-refractivity contribution >= 4 is 11.9 Å². The first-order chi connectivity index (χ1) is 10.5. The molecule has 0 saturated carbocycles. The van der Waals surface area contributed by atoms with E-state index in [4.69, 9.17) is 0 Å². The van der Waals surface area contributed by atoms with Crippen LogP contribution in [0.2, 0.25) is 0 Å². The number of hydrogen-bond acceptors (Lipinski definition) is 6. The van der Waals surface area contributed by atoms with Gasteiger partial charge < -0.3 is 9.47 Å². The highest BCUT2D eigenvalue weighted by atomic mass is 16.6. The molecule has 0 bridgehead atoms. The molecule has 0 saturated heterocycles. The Labute approximate surface area is 129 Å². The van der Waals surface area contributed by atoms with E-state index in [1.807, 2.05) is 6.08 Å². The summed E-state index contributed by atoms with van der Waals surface area (Å²) >= 11 is 0. The van der Waals surface area contributed by atoms with Crippen molar-refractivity contribution in [1.82, 2.24) is 0 Å². The van der Waals surface area contributed by atoms with Crippen LogP contribution in [-0.2, 0) is 19.1 Å². The van der Waals surface area contributed by atoms with E-state index < -0.39 is 22.4 Å². The van der Waals surface area contributed by atoms with Crippen LogP contribution in [0.15, 0.2) is 23.8 Å². The van der Waals surface area contributed by atoms with Crippen molar-refractivity contribution in [2.45, 2.75) is 44.1 Å². The molecular weight excluding hydrogens is 290 g/mol.